The molecule has 0 amide bonds. The van der Waals surface area contributed by atoms with Crippen molar-refractivity contribution in [1.82, 2.24) is 10.6 Å². The summed E-state index contributed by atoms with van der Waals surface area (Å²) in [5.41, 5.74) is 1.71. The van der Waals surface area contributed by atoms with Crippen molar-refractivity contribution in [3.8, 4) is 0 Å². The van der Waals surface area contributed by atoms with Gasteiger partial charge in [0.1, 0.15) is 6.61 Å². The second-order valence-corrected chi connectivity index (χ2v) is 5.94. The Morgan fingerprint density at radius 2 is 1.80 bits per heavy atom. The Morgan fingerprint density at radius 1 is 1.16 bits per heavy atom. The third kappa shape index (κ3) is 9.88. The number of aliphatic imine (C=N–C) groups is 1. The molecule has 0 saturated heterocycles. The SMILES string of the molecule is CCNC(=NCc1ccc(COCC(F)(F)F)cc1)NCC1CC1.I. The maximum absolute atomic E-state index is 12.0. The molecule has 0 bridgehead atoms. The van der Waals surface area contributed by atoms with Gasteiger partial charge < -0.3 is 15.4 Å². The number of rotatable bonds is 8. The Balaban J connectivity index is 0.00000312. The molecule has 0 aromatic heterocycles. The van der Waals surface area contributed by atoms with Gasteiger partial charge in [0.2, 0.25) is 0 Å². The lowest BCUT2D eigenvalue weighted by atomic mass is 10.1. The Kier molecular flexibility index (Phi) is 9.55. The molecule has 0 aliphatic heterocycles. The molecule has 1 saturated carbocycles. The Morgan fingerprint density at radius 3 is 2.36 bits per heavy atom. The van der Waals surface area contributed by atoms with Crippen LogP contribution in [0.1, 0.15) is 30.9 Å². The van der Waals surface area contributed by atoms with Gasteiger partial charge in [-0.2, -0.15) is 13.2 Å². The van der Waals surface area contributed by atoms with E-state index in [1.54, 1.807) is 12.1 Å². The van der Waals surface area contributed by atoms with Crippen LogP contribution in [0.15, 0.2) is 29.3 Å². The first-order valence-electron chi connectivity index (χ1n) is 8.21. The quantitative estimate of drug-likeness (QED) is 0.344. The minimum absolute atomic E-state index is 0. The van der Waals surface area contributed by atoms with Gasteiger partial charge in [-0.1, -0.05) is 24.3 Å². The fourth-order valence-electron chi connectivity index (χ4n) is 2.10. The van der Waals surface area contributed by atoms with Crippen molar-refractivity contribution >= 4 is 29.9 Å². The number of nitrogens with zero attached hydrogens (tertiary/aromatic N) is 1. The fourth-order valence-corrected chi connectivity index (χ4v) is 2.10. The van der Waals surface area contributed by atoms with Gasteiger partial charge in [0.05, 0.1) is 13.2 Å². The zero-order valence-electron chi connectivity index (χ0n) is 14.2. The summed E-state index contributed by atoms with van der Waals surface area (Å²) in [6.45, 7) is 3.01. The van der Waals surface area contributed by atoms with E-state index in [9.17, 15) is 13.2 Å². The zero-order chi connectivity index (χ0) is 17.4. The number of ether oxygens (including phenoxy) is 1. The lowest BCUT2D eigenvalue weighted by molar-refractivity contribution is -0.176. The summed E-state index contributed by atoms with van der Waals surface area (Å²) in [6.07, 6.45) is -1.72. The third-order valence-corrected chi connectivity index (χ3v) is 3.58. The molecule has 0 heterocycles. The molecule has 0 radical (unpaired) electrons. The summed E-state index contributed by atoms with van der Waals surface area (Å²) in [4.78, 5) is 4.52. The molecule has 0 unspecified atom stereocenters. The van der Waals surface area contributed by atoms with E-state index in [4.69, 9.17) is 0 Å². The third-order valence-electron chi connectivity index (χ3n) is 3.58. The number of halogens is 4. The molecular formula is C17H25F3IN3O. The van der Waals surface area contributed by atoms with Gasteiger partial charge in [-0.05, 0) is 36.8 Å². The Hall–Kier alpha value is -1.03. The van der Waals surface area contributed by atoms with Crippen molar-refractivity contribution in [3.63, 3.8) is 0 Å². The number of hydrogen-bond acceptors (Lipinski definition) is 2. The van der Waals surface area contributed by atoms with Crippen molar-refractivity contribution in [3.05, 3.63) is 35.4 Å². The van der Waals surface area contributed by atoms with Gasteiger partial charge in [-0.25, -0.2) is 4.99 Å². The summed E-state index contributed by atoms with van der Waals surface area (Å²) >= 11 is 0. The van der Waals surface area contributed by atoms with E-state index in [1.165, 1.54) is 12.8 Å². The highest BCUT2D eigenvalue weighted by Gasteiger charge is 2.27. The van der Waals surface area contributed by atoms with Gasteiger partial charge in [-0.15, -0.1) is 24.0 Å². The molecule has 2 rings (SSSR count). The average molecular weight is 471 g/mol. The van der Waals surface area contributed by atoms with Gasteiger partial charge in [0.25, 0.3) is 0 Å². The largest absolute Gasteiger partial charge is 0.411 e. The van der Waals surface area contributed by atoms with Crippen LogP contribution >= 0.6 is 24.0 Å². The summed E-state index contributed by atoms with van der Waals surface area (Å²) in [5, 5.41) is 6.52. The number of guanidine groups is 1. The van der Waals surface area contributed by atoms with Crippen LogP contribution in [0.5, 0.6) is 0 Å². The highest BCUT2D eigenvalue weighted by atomic mass is 127. The van der Waals surface area contributed by atoms with Crippen LogP contribution in [-0.4, -0.2) is 31.8 Å². The predicted molar refractivity (Wildman–Crippen MR) is 103 cm³/mol. The van der Waals surface area contributed by atoms with Crippen LogP contribution in [0.4, 0.5) is 13.2 Å². The molecule has 2 N–H and O–H groups in total. The molecule has 0 spiro atoms. The maximum Gasteiger partial charge on any atom is 0.411 e. The van der Waals surface area contributed by atoms with Crippen molar-refractivity contribution in [2.75, 3.05) is 19.7 Å². The Bertz CT molecular complexity index is 531. The molecule has 0 atom stereocenters. The molecule has 8 heteroatoms. The molecule has 1 fully saturated rings. The van der Waals surface area contributed by atoms with E-state index in [-0.39, 0.29) is 30.6 Å². The number of benzene rings is 1. The molecular weight excluding hydrogens is 446 g/mol. The van der Waals surface area contributed by atoms with E-state index in [1.807, 2.05) is 19.1 Å². The van der Waals surface area contributed by atoms with Gasteiger partial charge in [-0.3, -0.25) is 0 Å². The summed E-state index contributed by atoms with van der Waals surface area (Å²) < 4.78 is 40.7. The van der Waals surface area contributed by atoms with Crippen molar-refractivity contribution in [1.29, 1.82) is 0 Å². The van der Waals surface area contributed by atoms with Gasteiger partial charge in [0, 0.05) is 13.1 Å². The molecule has 1 aliphatic carbocycles. The van der Waals surface area contributed by atoms with E-state index in [0.29, 0.717) is 12.1 Å². The number of nitrogens with one attached hydrogen (secondary N) is 2. The topological polar surface area (TPSA) is 45.7 Å². The molecule has 25 heavy (non-hydrogen) atoms. The lowest BCUT2D eigenvalue weighted by Crippen LogP contribution is -2.38. The van der Waals surface area contributed by atoms with Crippen molar-refractivity contribution in [2.45, 2.75) is 39.1 Å². The van der Waals surface area contributed by atoms with Gasteiger partial charge >= 0.3 is 6.18 Å². The van der Waals surface area contributed by atoms with E-state index in [2.05, 4.69) is 20.4 Å². The second-order valence-electron chi connectivity index (χ2n) is 5.94. The summed E-state index contributed by atoms with van der Waals surface area (Å²) in [5.74, 6) is 1.56. The summed E-state index contributed by atoms with van der Waals surface area (Å²) in [6, 6.07) is 7.26. The normalized spacial score (nSPS) is 14.8. The second kappa shape index (κ2) is 10.8. The van der Waals surface area contributed by atoms with Crippen LogP contribution in [0.25, 0.3) is 0 Å². The van der Waals surface area contributed by atoms with Gasteiger partial charge in [0.15, 0.2) is 5.96 Å². The van der Waals surface area contributed by atoms with Crippen molar-refractivity contribution in [2.24, 2.45) is 10.9 Å². The highest BCUT2D eigenvalue weighted by molar-refractivity contribution is 14.0. The molecule has 1 aromatic carbocycles. The monoisotopic (exact) mass is 471 g/mol. The van der Waals surface area contributed by atoms with Crippen LogP contribution < -0.4 is 10.6 Å². The first-order valence-corrected chi connectivity index (χ1v) is 8.21. The first kappa shape index (κ1) is 22.0. The minimum atomic E-state index is -4.29. The zero-order valence-corrected chi connectivity index (χ0v) is 16.6. The van der Waals surface area contributed by atoms with Crippen molar-refractivity contribution < 1.29 is 17.9 Å². The van der Waals surface area contributed by atoms with Crippen LogP contribution in [0.2, 0.25) is 0 Å². The number of hydrogen-bond donors (Lipinski definition) is 2. The molecule has 1 aliphatic rings. The van der Waals surface area contributed by atoms with Crippen LogP contribution in [-0.2, 0) is 17.9 Å². The molecule has 4 nitrogen and oxygen atoms in total. The highest BCUT2D eigenvalue weighted by Crippen LogP contribution is 2.27. The van der Waals surface area contributed by atoms with E-state index >= 15 is 0 Å². The van der Waals surface area contributed by atoms with E-state index in [0.717, 1.165) is 30.5 Å². The average Bonchev–Trinajstić information content (AvgIpc) is 3.34. The van der Waals surface area contributed by atoms with Crippen LogP contribution in [0, 0.1) is 5.92 Å². The lowest BCUT2D eigenvalue weighted by Gasteiger charge is -2.11. The summed E-state index contributed by atoms with van der Waals surface area (Å²) in [7, 11) is 0. The molecule has 142 valence electrons. The Labute approximate surface area is 163 Å². The smallest absolute Gasteiger partial charge is 0.367 e. The number of alkyl halides is 3. The standard InChI is InChI=1S/C17H24F3N3O.HI/c1-2-21-16(22-9-13-3-4-13)23-10-14-5-7-15(8-6-14)11-24-12-17(18,19)20;/h5-8,13H,2-4,9-12H2,1H3,(H2,21,22,23);1H. The van der Waals surface area contributed by atoms with E-state index < -0.39 is 12.8 Å². The molecule has 1 aromatic rings. The first-order chi connectivity index (χ1) is 11.5. The maximum atomic E-state index is 12.0. The minimum Gasteiger partial charge on any atom is -0.367 e. The van der Waals surface area contributed by atoms with Crippen LogP contribution in [0.3, 0.4) is 0 Å². The fraction of sp³-hybridized carbons (Fsp3) is 0.588. The predicted octanol–water partition coefficient (Wildman–Crippen LogP) is 3.85.